The van der Waals surface area contributed by atoms with Crippen LogP contribution in [0.15, 0.2) is 12.7 Å². The van der Waals surface area contributed by atoms with Gasteiger partial charge in [0.15, 0.2) is 8.32 Å². The van der Waals surface area contributed by atoms with Crippen molar-refractivity contribution in [3.63, 3.8) is 0 Å². The lowest BCUT2D eigenvalue weighted by Gasteiger charge is -2.38. The van der Waals surface area contributed by atoms with Crippen LogP contribution < -0.4 is 0 Å². The first-order valence-electron chi connectivity index (χ1n) is 12.5. The summed E-state index contributed by atoms with van der Waals surface area (Å²) in [5, 5.41) is 11.0. The van der Waals surface area contributed by atoms with E-state index in [1.807, 2.05) is 13.0 Å². The molecule has 1 saturated heterocycles. The van der Waals surface area contributed by atoms with Gasteiger partial charge in [-0.3, -0.25) is 0 Å². The molecule has 0 aromatic heterocycles. The number of aliphatic hydroxyl groups excluding tert-OH is 1. The SMILES string of the molecule is C=C[C@@H](C)[C@H](OCOCCOC)[C@@H]1O[C@@H]1[C@H](O)CC[C@H](C#C[Si](C)(C)C)O[Si](C)(C)C(C)(C)C. The van der Waals surface area contributed by atoms with Crippen molar-refractivity contribution in [3.05, 3.63) is 12.7 Å². The third kappa shape index (κ3) is 11.0. The van der Waals surface area contributed by atoms with E-state index in [4.69, 9.17) is 23.4 Å². The maximum Gasteiger partial charge on any atom is 0.193 e. The lowest BCUT2D eigenvalue weighted by atomic mass is 9.97. The molecule has 6 atom stereocenters. The summed E-state index contributed by atoms with van der Waals surface area (Å²) >= 11 is 0. The summed E-state index contributed by atoms with van der Waals surface area (Å²) in [5.41, 5.74) is 3.47. The number of hydrogen-bond acceptors (Lipinski definition) is 6. The topological polar surface area (TPSA) is 69.7 Å². The van der Waals surface area contributed by atoms with Gasteiger partial charge >= 0.3 is 0 Å². The average Bonchev–Trinajstić information content (AvgIpc) is 3.51. The van der Waals surface area contributed by atoms with Crippen LogP contribution in [0.1, 0.15) is 40.5 Å². The molecule has 0 radical (unpaired) electrons. The normalized spacial score (nSPS) is 22.3. The average molecular weight is 515 g/mol. The molecule has 0 amide bonds. The van der Waals surface area contributed by atoms with Gasteiger partial charge < -0.3 is 28.5 Å². The Labute approximate surface area is 210 Å². The van der Waals surface area contributed by atoms with E-state index in [0.29, 0.717) is 26.1 Å². The fourth-order valence-corrected chi connectivity index (χ4v) is 5.03. The third-order valence-electron chi connectivity index (χ3n) is 6.51. The minimum Gasteiger partial charge on any atom is -0.403 e. The van der Waals surface area contributed by atoms with Crippen LogP contribution in [-0.2, 0) is 23.4 Å². The highest BCUT2D eigenvalue weighted by Gasteiger charge is 2.51. The van der Waals surface area contributed by atoms with Crippen molar-refractivity contribution < 1.29 is 28.5 Å². The van der Waals surface area contributed by atoms with E-state index in [2.05, 4.69) is 71.5 Å². The molecular weight excluding hydrogens is 464 g/mol. The van der Waals surface area contributed by atoms with Crippen LogP contribution in [0, 0.1) is 17.4 Å². The Morgan fingerprint density at radius 3 is 2.26 bits per heavy atom. The smallest absolute Gasteiger partial charge is 0.193 e. The van der Waals surface area contributed by atoms with Crippen LogP contribution in [0.2, 0.25) is 37.8 Å². The van der Waals surface area contributed by atoms with Gasteiger partial charge in [0.1, 0.15) is 33.2 Å². The second-order valence-corrected chi connectivity index (χ2v) is 21.3. The summed E-state index contributed by atoms with van der Waals surface area (Å²) in [6.45, 7) is 25.0. The van der Waals surface area contributed by atoms with Crippen molar-refractivity contribution >= 4 is 16.4 Å². The largest absolute Gasteiger partial charge is 0.403 e. The van der Waals surface area contributed by atoms with Gasteiger partial charge in [-0.1, -0.05) is 59.3 Å². The molecule has 34 heavy (non-hydrogen) atoms. The molecule has 0 bridgehead atoms. The van der Waals surface area contributed by atoms with Gasteiger partial charge in [0.25, 0.3) is 0 Å². The number of methoxy groups -OCH3 is 1. The molecule has 1 rings (SSSR count). The molecule has 0 unspecified atom stereocenters. The summed E-state index contributed by atoms with van der Waals surface area (Å²) < 4.78 is 28.9. The van der Waals surface area contributed by atoms with E-state index >= 15 is 0 Å². The summed E-state index contributed by atoms with van der Waals surface area (Å²) in [6.07, 6.45) is 1.67. The van der Waals surface area contributed by atoms with Crippen LogP contribution in [0.3, 0.4) is 0 Å². The predicted molar refractivity (Wildman–Crippen MR) is 144 cm³/mol. The molecule has 0 spiro atoms. The lowest BCUT2D eigenvalue weighted by molar-refractivity contribution is -0.113. The van der Waals surface area contributed by atoms with E-state index in [1.54, 1.807) is 7.11 Å². The van der Waals surface area contributed by atoms with Gasteiger partial charge in [-0.25, -0.2) is 0 Å². The van der Waals surface area contributed by atoms with E-state index in [9.17, 15) is 5.11 Å². The fourth-order valence-electron chi connectivity index (χ4n) is 3.19. The van der Waals surface area contributed by atoms with Crippen molar-refractivity contribution in [1.29, 1.82) is 0 Å². The Morgan fingerprint density at radius 2 is 1.74 bits per heavy atom. The molecule has 1 N–H and O–H groups in total. The van der Waals surface area contributed by atoms with Gasteiger partial charge in [0.2, 0.25) is 0 Å². The highest BCUT2D eigenvalue weighted by molar-refractivity contribution is 6.83. The van der Waals surface area contributed by atoms with Crippen LogP contribution in [-0.4, -0.2) is 79.1 Å². The number of rotatable bonds is 15. The Kier molecular flexibility index (Phi) is 12.7. The molecule has 1 aliphatic heterocycles. The van der Waals surface area contributed by atoms with Crippen molar-refractivity contribution in [2.24, 2.45) is 5.92 Å². The van der Waals surface area contributed by atoms with E-state index in [-0.39, 0.29) is 42.2 Å². The molecule has 0 aromatic rings. The summed E-state index contributed by atoms with van der Waals surface area (Å²) in [5.74, 6) is 3.49. The Balaban J connectivity index is 2.74. The molecule has 1 heterocycles. The zero-order chi connectivity index (χ0) is 26.2. The number of epoxide rings is 1. The van der Waals surface area contributed by atoms with Crippen molar-refractivity contribution in [2.45, 2.75) is 109 Å². The number of ether oxygens (including phenoxy) is 4. The molecule has 8 heteroatoms. The van der Waals surface area contributed by atoms with Gasteiger partial charge in [0.05, 0.1) is 25.4 Å². The lowest BCUT2D eigenvalue weighted by Crippen LogP contribution is -2.44. The molecule has 1 aliphatic rings. The van der Waals surface area contributed by atoms with Crippen LogP contribution in [0.5, 0.6) is 0 Å². The van der Waals surface area contributed by atoms with E-state index < -0.39 is 22.5 Å². The number of hydrogen-bond donors (Lipinski definition) is 1. The zero-order valence-corrected chi connectivity index (χ0v) is 25.3. The summed E-state index contributed by atoms with van der Waals surface area (Å²) in [4.78, 5) is 0. The first-order chi connectivity index (χ1) is 15.6. The van der Waals surface area contributed by atoms with Crippen LogP contribution >= 0.6 is 0 Å². The number of aliphatic hydroxyl groups is 1. The molecule has 198 valence electrons. The monoisotopic (exact) mass is 514 g/mol. The minimum atomic E-state index is -1.98. The highest BCUT2D eigenvalue weighted by atomic mass is 28.4. The predicted octanol–water partition coefficient (Wildman–Crippen LogP) is 4.99. The molecule has 6 nitrogen and oxygen atoms in total. The maximum atomic E-state index is 10.9. The minimum absolute atomic E-state index is 0.0745. The molecular formula is C26H50O6Si2. The van der Waals surface area contributed by atoms with Gasteiger partial charge in [-0.2, -0.15) is 0 Å². The van der Waals surface area contributed by atoms with Crippen LogP contribution in [0.25, 0.3) is 0 Å². The molecule has 0 aromatic carbocycles. The summed E-state index contributed by atoms with van der Waals surface area (Å²) in [7, 11) is -1.87. The molecule has 0 saturated carbocycles. The van der Waals surface area contributed by atoms with Crippen molar-refractivity contribution in [1.82, 2.24) is 0 Å². The van der Waals surface area contributed by atoms with Crippen molar-refractivity contribution in [3.8, 4) is 11.5 Å². The van der Waals surface area contributed by atoms with Gasteiger partial charge in [0, 0.05) is 13.0 Å². The van der Waals surface area contributed by atoms with Gasteiger partial charge in [-0.05, 0) is 31.0 Å². The Morgan fingerprint density at radius 1 is 1.09 bits per heavy atom. The second-order valence-electron chi connectivity index (χ2n) is 11.8. The van der Waals surface area contributed by atoms with E-state index in [1.165, 1.54) is 0 Å². The first kappa shape index (κ1) is 31.5. The maximum absolute atomic E-state index is 10.9. The Hall–Kier alpha value is -0.506. The van der Waals surface area contributed by atoms with E-state index in [0.717, 1.165) is 0 Å². The fraction of sp³-hybridized carbons (Fsp3) is 0.846. The Bertz CT molecular complexity index is 673. The summed E-state index contributed by atoms with van der Waals surface area (Å²) in [6, 6.07) is 0. The molecule has 1 fully saturated rings. The van der Waals surface area contributed by atoms with Crippen LogP contribution in [0.4, 0.5) is 0 Å². The first-order valence-corrected chi connectivity index (χ1v) is 18.9. The van der Waals surface area contributed by atoms with Crippen molar-refractivity contribution in [2.75, 3.05) is 27.1 Å². The standard InChI is InChI=1S/C26H50O6Si2/c1-12-20(2)23(30-19-29-17-16-28-6)25-24(31-25)22(27)14-13-21(15-18-33(7,8)9)32-34(10,11)26(3,4)5/h12,20-25,27H,1,13-14,16-17,19H2,2-11H3/t20-,21-,22-,23+,24-,25+/m1/s1. The quantitative estimate of drug-likeness (QED) is 0.0829. The molecule has 0 aliphatic carbocycles. The third-order valence-corrected chi connectivity index (χ3v) is 11.9. The highest BCUT2D eigenvalue weighted by Crippen LogP contribution is 2.39. The van der Waals surface area contributed by atoms with Gasteiger partial charge in [-0.15, -0.1) is 12.1 Å². The second kappa shape index (κ2) is 13.7. The zero-order valence-electron chi connectivity index (χ0n) is 23.3.